The average Bonchev–Trinajstić information content (AvgIpc) is 2.26. The number of benzene rings is 1. The van der Waals surface area contributed by atoms with Crippen molar-refractivity contribution in [1.29, 1.82) is 0 Å². The van der Waals surface area contributed by atoms with Crippen molar-refractivity contribution in [2.75, 3.05) is 12.4 Å². The van der Waals surface area contributed by atoms with Crippen LogP contribution in [0.25, 0.3) is 0 Å². The van der Waals surface area contributed by atoms with Gasteiger partial charge in [0.05, 0.1) is 4.90 Å². The van der Waals surface area contributed by atoms with Crippen LogP contribution in [0.5, 0.6) is 0 Å². The van der Waals surface area contributed by atoms with Crippen LogP contribution in [-0.2, 0) is 14.8 Å². The van der Waals surface area contributed by atoms with Crippen LogP contribution in [0.2, 0.25) is 0 Å². The molecule has 4 N–H and O–H groups in total. The summed E-state index contributed by atoms with van der Waals surface area (Å²) >= 11 is 0. The minimum absolute atomic E-state index is 0.0970. The number of nitrogens with two attached hydrogens (primary N) is 1. The van der Waals surface area contributed by atoms with Crippen molar-refractivity contribution in [1.82, 2.24) is 4.72 Å². The Labute approximate surface area is 113 Å². The predicted molar refractivity (Wildman–Crippen MR) is 74.2 cm³/mol. The maximum atomic E-state index is 11.7. The van der Waals surface area contributed by atoms with E-state index >= 15 is 0 Å². The molecule has 0 saturated heterocycles. The molecule has 0 spiro atoms. The fraction of sp³-hybridized carbons (Fsp3) is 0.417. The molecule has 0 aliphatic rings. The summed E-state index contributed by atoms with van der Waals surface area (Å²) < 4.78 is 25.5. The SMILES string of the molecule is CNS(=O)(=O)c1cccc(NC(=O)CC(C)(C)N)c1. The Bertz CT molecular complexity index is 562. The number of anilines is 1. The molecule has 1 amide bonds. The molecule has 0 atom stereocenters. The largest absolute Gasteiger partial charge is 0.326 e. The Kier molecular flexibility index (Phi) is 4.67. The maximum absolute atomic E-state index is 11.7. The quantitative estimate of drug-likeness (QED) is 0.739. The van der Waals surface area contributed by atoms with E-state index in [1.54, 1.807) is 26.0 Å². The number of rotatable bonds is 5. The highest BCUT2D eigenvalue weighted by Gasteiger charge is 2.17. The normalized spacial score (nSPS) is 12.2. The van der Waals surface area contributed by atoms with Gasteiger partial charge in [-0.2, -0.15) is 0 Å². The van der Waals surface area contributed by atoms with E-state index in [4.69, 9.17) is 5.73 Å². The summed E-state index contributed by atoms with van der Waals surface area (Å²) in [7, 11) is -2.19. The molecule has 6 nitrogen and oxygen atoms in total. The van der Waals surface area contributed by atoms with Crippen molar-refractivity contribution in [3.8, 4) is 0 Å². The Morgan fingerprint density at radius 1 is 1.37 bits per heavy atom. The molecular formula is C12H19N3O3S. The lowest BCUT2D eigenvalue weighted by atomic mass is 10.0. The number of sulfonamides is 1. The Hall–Kier alpha value is -1.44. The number of hydrogen-bond donors (Lipinski definition) is 3. The first kappa shape index (κ1) is 15.6. The third kappa shape index (κ3) is 4.98. The monoisotopic (exact) mass is 285 g/mol. The van der Waals surface area contributed by atoms with Gasteiger partial charge in [0, 0.05) is 17.6 Å². The molecule has 0 bridgehead atoms. The topological polar surface area (TPSA) is 101 Å². The van der Waals surface area contributed by atoms with Gasteiger partial charge in [0.15, 0.2) is 0 Å². The van der Waals surface area contributed by atoms with Gasteiger partial charge in [-0.25, -0.2) is 13.1 Å². The molecule has 0 aromatic heterocycles. The molecule has 0 aliphatic heterocycles. The summed E-state index contributed by atoms with van der Waals surface area (Å²) in [5, 5.41) is 2.62. The first-order chi connectivity index (χ1) is 8.64. The van der Waals surface area contributed by atoms with E-state index in [0.717, 1.165) is 0 Å². The lowest BCUT2D eigenvalue weighted by molar-refractivity contribution is -0.117. The summed E-state index contributed by atoms with van der Waals surface area (Å²) in [5.74, 6) is -0.258. The van der Waals surface area contributed by atoms with Gasteiger partial charge >= 0.3 is 0 Å². The van der Waals surface area contributed by atoms with E-state index in [-0.39, 0.29) is 17.2 Å². The Morgan fingerprint density at radius 3 is 2.53 bits per heavy atom. The van der Waals surface area contributed by atoms with Gasteiger partial charge in [-0.05, 0) is 39.1 Å². The third-order valence-corrected chi connectivity index (χ3v) is 3.72. The standard InChI is InChI=1S/C12H19N3O3S/c1-12(2,13)8-11(16)15-9-5-4-6-10(7-9)19(17,18)14-3/h4-7,14H,8,13H2,1-3H3,(H,15,16). The number of hydrogen-bond acceptors (Lipinski definition) is 4. The highest BCUT2D eigenvalue weighted by molar-refractivity contribution is 7.89. The molecule has 1 aromatic carbocycles. The molecule has 106 valence electrons. The summed E-state index contributed by atoms with van der Waals surface area (Å²) in [5.41, 5.74) is 5.55. The molecule has 1 aromatic rings. The Balaban J connectivity index is 2.87. The van der Waals surface area contributed by atoms with Gasteiger partial charge in [-0.15, -0.1) is 0 Å². The summed E-state index contributed by atoms with van der Waals surface area (Å²) in [6.45, 7) is 3.49. The van der Waals surface area contributed by atoms with Crippen molar-refractivity contribution < 1.29 is 13.2 Å². The molecule has 7 heteroatoms. The maximum Gasteiger partial charge on any atom is 0.240 e. The van der Waals surface area contributed by atoms with E-state index in [9.17, 15) is 13.2 Å². The lowest BCUT2D eigenvalue weighted by Crippen LogP contribution is -2.36. The average molecular weight is 285 g/mol. The van der Waals surface area contributed by atoms with Crippen LogP contribution in [0.3, 0.4) is 0 Å². The van der Waals surface area contributed by atoms with E-state index in [1.165, 1.54) is 19.2 Å². The van der Waals surface area contributed by atoms with Crippen LogP contribution < -0.4 is 15.8 Å². The number of carbonyl (C=O) groups is 1. The van der Waals surface area contributed by atoms with Crippen LogP contribution >= 0.6 is 0 Å². The van der Waals surface area contributed by atoms with Crippen LogP contribution in [-0.4, -0.2) is 26.9 Å². The number of amides is 1. The van der Waals surface area contributed by atoms with Crippen LogP contribution in [0.15, 0.2) is 29.2 Å². The fourth-order valence-corrected chi connectivity index (χ4v) is 2.25. The molecule has 0 aliphatic carbocycles. The second-order valence-electron chi connectivity index (χ2n) is 4.95. The van der Waals surface area contributed by atoms with Crippen molar-refractivity contribution in [2.24, 2.45) is 5.73 Å². The van der Waals surface area contributed by atoms with Crippen molar-refractivity contribution in [3.05, 3.63) is 24.3 Å². The van der Waals surface area contributed by atoms with Crippen LogP contribution in [0, 0.1) is 0 Å². The van der Waals surface area contributed by atoms with E-state index < -0.39 is 15.6 Å². The van der Waals surface area contributed by atoms with Crippen LogP contribution in [0.1, 0.15) is 20.3 Å². The van der Waals surface area contributed by atoms with Gasteiger partial charge in [-0.1, -0.05) is 6.07 Å². The molecule has 0 fully saturated rings. The minimum atomic E-state index is -3.52. The zero-order valence-electron chi connectivity index (χ0n) is 11.2. The number of nitrogens with one attached hydrogen (secondary N) is 2. The minimum Gasteiger partial charge on any atom is -0.326 e. The lowest BCUT2D eigenvalue weighted by Gasteiger charge is -2.17. The second kappa shape index (κ2) is 5.68. The second-order valence-corrected chi connectivity index (χ2v) is 6.84. The van der Waals surface area contributed by atoms with Crippen molar-refractivity contribution >= 4 is 21.6 Å². The molecule has 0 radical (unpaired) electrons. The highest BCUT2D eigenvalue weighted by atomic mass is 32.2. The first-order valence-corrected chi connectivity index (χ1v) is 7.25. The Morgan fingerprint density at radius 2 is 2.00 bits per heavy atom. The first-order valence-electron chi connectivity index (χ1n) is 5.76. The molecule has 0 unspecified atom stereocenters. The van der Waals surface area contributed by atoms with Crippen molar-refractivity contribution in [3.63, 3.8) is 0 Å². The predicted octanol–water partition coefficient (Wildman–Crippen LogP) is 0.661. The summed E-state index contributed by atoms with van der Waals surface area (Å²) in [6.07, 6.45) is 0.149. The molecule has 1 rings (SSSR count). The highest BCUT2D eigenvalue weighted by Crippen LogP contribution is 2.16. The van der Waals surface area contributed by atoms with Gasteiger partial charge in [0.2, 0.25) is 15.9 Å². The molecular weight excluding hydrogens is 266 g/mol. The van der Waals surface area contributed by atoms with Gasteiger partial charge in [0.1, 0.15) is 0 Å². The molecule has 0 heterocycles. The smallest absolute Gasteiger partial charge is 0.240 e. The van der Waals surface area contributed by atoms with E-state index in [1.807, 2.05) is 0 Å². The molecule has 19 heavy (non-hydrogen) atoms. The summed E-state index contributed by atoms with van der Waals surface area (Å²) in [6, 6.07) is 6.03. The zero-order chi connectivity index (χ0) is 14.7. The van der Waals surface area contributed by atoms with Crippen LogP contribution in [0.4, 0.5) is 5.69 Å². The zero-order valence-corrected chi connectivity index (χ0v) is 12.0. The van der Waals surface area contributed by atoms with E-state index in [2.05, 4.69) is 10.0 Å². The fourth-order valence-electron chi connectivity index (χ4n) is 1.48. The number of carbonyl (C=O) groups excluding carboxylic acids is 1. The molecule has 0 saturated carbocycles. The van der Waals surface area contributed by atoms with Gasteiger partial charge in [0.25, 0.3) is 0 Å². The third-order valence-electron chi connectivity index (χ3n) is 2.31. The summed E-state index contributed by atoms with van der Waals surface area (Å²) in [4.78, 5) is 11.8. The van der Waals surface area contributed by atoms with Crippen molar-refractivity contribution in [2.45, 2.75) is 30.7 Å². The van der Waals surface area contributed by atoms with Gasteiger partial charge < -0.3 is 11.1 Å². The van der Waals surface area contributed by atoms with E-state index in [0.29, 0.717) is 5.69 Å². The van der Waals surface area contributed by atoms with Gasteiger partial charge in [-0.3, -0.25) is 4.79 Å².